The van der Waals surface area contributed by atoms with Crippen molar-refractivity contribution in [3.05, 3.63) is 46.7 Å². The SMILES string of the molecule is Cc1c(CCC(=O)O)cnn1-c1ccc(Cl)cc1. The topological polar surface area (TPSA) is 55.1 Å². The van der Waals surface area contributed by atoms with Gasteiger partial charge in [-0.1, -0.05) is 11.6 Å². The van der Waals surface area contributed by atoms with E-state index in [1.807, 2.05) is 19.1 Å². The van der Waals surface area contributed by atoms with Crippen LogP contribution in [0.4, 0.5) is 0 Å². The van der Waals surface area contributed by atoms with Gasteiger partial charge in [-0.3, -0.25) is 4.79 Å². The maximum atomic E-state index is 10.6. The van der Waals surface area contributed by atoms with E-state index in [0.717, 1.165) is 16.9 Å². The number of nitrogens with zero attached hydrogens (tertiary/aromatic N) is 2. The van der Waals surface area contributed by atoms with E-state index < -0.39 is 5.97 Å². The Morgan fingerprint density at radius 1 is 1.39 bits per heavy atom. The summed E-state index contributed by atoms with van der Waals surface area (Å²) in [5.74, 6) is -0.798. The standard InChI is InChI=1S/C13H13ClN2O2/c1-9-10(2-7-13(17)18)8-15-16(9)12-5-3-11(14)4-6-12/h3-6,8H,2,7H2,1H3,(H,17,18). The summed E-state index contributed by atoms with van der Waals surface area (Å²) in [4.78, 5) is 10.6. The van der Waals surface area contributed by atoms with E-state index in [9.17, 15) is 4.79 Å². The normalized spacial score (nSPS) is 10.6. The van der Waals surface area contributed by atoms with E-state index in [1.165, 1.54) is 0 Å². The number of aliphatic carboxylic acids is 1. The summed E-state index contributed by atoms with van der Waals surface area (Å²) in [7, 11) is 0. The van der Waals surface area contributed by atoms with E-state index in [4.69, 9.17) is 16.7 Å². The molecule has 1 aromatic carbocycles. The van der Waals surface area contributed by atoms with Gasteiger partial charge in [0.25, 0.3) is 0 Å². The Morgan fingerprint density at radius 3 is 2.67 bits per heavy atom. The highest BCUT2D eigenvalue weighted by Gasteiger charge is 2.09. The van der Waals surface area contributed by atoms with Crippen molar-refractivity contribution in [3.8, 4) is 5.69 Å². The molecule has 0 fully saturated rings. The highest BCUT2D eigenvalue weighted by molar-refractivity contribution is 6.30. The van der Waals surface area contributed by atoms with Crippen LogP contribution in [0.2, 0.25) is 5.02 Å². The van der Waals surface area contributed by atoms with Crippen molar-refractivity contribution in [2.24, 2.45) is 0 Å². The molecule has 2 rings (SSSR count). The second-order valence-corrected chi connectivity index (χ2v) is 4.47. The molecule has 0 bridgehead atoms. The lowest BCUT2D eigenvalue weighted by Gasteiger charge is -2.05. The number of aromatic nitrogens is 2. The lowest BCUT2D eigenvalue weighted by Crippen LogP contribution is -2.01. The van der Waals surface area contributed by atoms with E-state index in [2.05, 4.69) is 5.10 Å². The number of hydrogen-bond acceptors (Lipinski definition) is 2. The third-order valence-corrected chi connectivity index (χ3v) is 3.04. The van der Waals surface area contributed by atoms with Crippen molar-refractivity contribution in [3.63, 3.8) is 0 Å². The van der Waals surface area contributed by atoms with Gasteiger partial charge < -0.3 is 5.11 Å². The molecule has 0 spiro atoms. The minimum atomic E-state index is -0.798. The van der Waals surface area contributed by atoms with Crippen LogP contribution in [-0.4, -0.2) is 20.9 Å². The first-order valence-electron chi connectivity index (χ1n) is 5.59. The minimum Gasteiger partial charge on any atom is -0.481 e. The van der Waals surface area contributed by atoms with Gasteiger partial charge in [-0.15, -0.1) is 0 Å². The Hall–Kier alpha value is -1.81. The first-order chi connectivity index (χ1) is 8.58. The van der Waals surface area contributed by atoms with Crippen LogP contribution in [0.5, 0.6) is 0 Å². The van der Waals surface area contributed by atoms with Gasteiger partial charge in [-0.2, -0.15) is 5.10 Å². The van der Waals surface area contributed by atoms with Crippen molar-refractivity contribution in [2.45, 2.75) is 19.8 Å². The van der Waals surface area contributed by atoms with Crippen molar-refractivity contribution in [1.29, 1.82) is 0 Å². The van der Waals surface area contributed by atoms with Crippen LogP contribution < -0.4 is 0 Å². The molecule has 0 saturated carbocycles. The number of carbonyl (C=O) groups is 1. The summed E-state index contributed by atoms with van der Waals surface area (Å²) >= 11 is 5.83. The van der Waals surface area contributed by atoms with Crippen molar-refractivity contribution >= 4 is 17.6 Å². The second-order valence-electron chi connectivity index (χ2n) is 4.04. The minimum absolute atomic E-state index is 0.118. The average Bonchev–Trinajstić information content (AvgIpc) is 2.69. The number of halogens is 1. The summed E-state index contributed by atoms with van der Waals surface area (Å²) < 4.78 is 1.79. The zero-order valence-electron chi connectivity index (χ0n) is 9.93. The number of aryl methyl sites for hydroxylation is 1. The van der Waals surface area contributed by atoms with Crippen LogP contribution in [0.3, 0.4) is 0 Å². The molecule has 0 aliphatic rings. The molecule has 5 heteroatoms. The highest BCUT2D eigenvalue weighted by atomic mass is 35.5. The Bertz CT molecular complexity index is 561. The van der Waals surface area contributed by atoms with E-state index in [0.29, 0.717) is 11.4 Å². The number of carboxylic acids is 1. The van der Waals surface area contributed by atoms with Crippen LogP contribution in [0.15, 0.2) is 30.5 Å². The summed E-state index contributed by atoms with van der Waals surface area (Å²) in [5, 5.41) is 13.6. The molecule has 0 saturated heterocycles. The molecule has 0 unspecified atom stereocenters. The fourth-order valence-corrected chi connectivity index (χ4v) is 1.90. The number of hydrogen-bond donors (Lipinski definition) is 1. The van der Waals surface area contributed by atoms with Crippen LogP contribution in [0.1, 0.15) is 17.7 Å². The maximum Gasteiger partial charge on any atom is 0.303 e. The number of rotatable bonds is 4. The van der Waals surface area contributed by atoms with Crippen molar-refractivity contribution in [2.75, 3.05) is 0 Å². The molecule has 0 aliphatic carbocycles. The smallest absolute Gasteiger partial charge is 0.303 e. The third kappa shape index (κ3) is 2.71. The summed E-state index contributed by atoms with van der Waals surface area (Å²) in [6.45, 7) is 1.93. The van der Waals surface area contributed by atoms with Crippen LogP contribution in [0, 0.1) is 6.92 Å². The van der Waals surface area contributed by atoms with Gasteiger partial charge in [0.05, 0.1) is 11.9 Å². The van der Waals surface area contributed by atoms with E-state index in [1.54, 1.807) is 23.0 Å². The molecular weight excluding hydrogens is 252 g/mol. The van der Waals surface area contributed by atoms with E-state index >= 15 is 0 Å². The van der Waals surface area contributed by atoms with Gasteiger partial charge in [-0.05, 0) is 43.2 Å². The van der Waals surface area contributed by atoms with Gasteiger partial charge in [0, 0.05) is 17.1 Å². The average molecular weight is 265 g/mol. The molecule has 0 radical (unpaired) electrons. The molecule has 18 heavy (non-hydrogen) atoms. The molecule has 1 heterocycles. The van der Waals surface area contributed by atoms with Crippen molar-refractivity contribution < 1.29 is 9.90 Å². The number of benzene rings is 1. The molecule has 4 nitrogen and oxygen atoms in total. The summed E-state index contributed by atoms with van der Waals surface area (Å²) in [6.07, 6.45) is 2.33. The molecule has 0 atom stereocenters. The van der Waals surface area contributed by atoms with Gasteiger partial charge in [0.15, 0.2) is 0 Å². The first kappa shape index (κ1) is 12.6. The fraction of sp³-hybridized carbons (Fsp3) is 0.231. The van der Waals surface area contributed by atoms with Crippen LogP contribution >= 0.6 is 11.6 Å². The zero-order valence-corrected chi connectivity index (χ0v) is 10.7. The Kier molecular flexibility index (Phi) is 3.67. The lowest BCUT2D eigenvalue weighted by atomic mass is 10.1. The Balaban J connectivity index is 2.25. The van der Waals surface area contributed by atoms with Gasteiger partial charge in [0.1, 0.15) is 0 Å². The monoisotopic (exact) mass is 264 g/mol. The Labute approximate surface area is 110 Å². The largest absolute Gasteiger partial charge is 0.481 e. The van der Waals surface area contributed by atoms with Crippen LogP contribution in [-0.2, 0) is 11.2 Å². The molecule has 0 amide bonds. The van der Waals surface area contributed by atoms with Gasteiger partial charge in [-0.25, -0.2) is 4.68 Å². The van der Waals surface area contributed by atoms with E-state index in [-0.39, 0.29) is 6.42 Å². The second kappa shape index (κ2) is 5.23. The van der Waals surface area contributed by atoms with Crippen molar-refractivity contribution in [1.82, 2.24) is 9.78 Å². The summed E-state index contributed by atoms with van der Waals surface area (Å²) in [6, 6.07) is 7.36. The predicted molar refractivity (Wildman–Crippen MR) is 69.3 cm³/mol. The molecular formula is C13H13ClN2O2. The quantitative estimate of drug-likeness (QED) is 0.924. The van der Waals surface area contributed by atoms with Crippen LogP contribution in [0.25, 0.3) is 5.69 Å². The molecule has 1 aromatic heterocycles. The summed E-state index contributed by atoms with van der Waals surface area (Å²) in [5.41, 5.74) is 2.82. The third-order valence-electron chi connectivity index (χ3n) is 2.79. The zero-order chi connectivity index (χ0) is 13.1. The first-order valence-corrected chi connectivity index (χ1v) is 5.97. The van der Waals surface area contributed by atoms with Gasteiger partial charge >= 0.3 is 5.97 Å². The predicted octanol–water partition coefficient (Wildman–Crippen LogP) is 2.85. The lowest BCUT2D eigenvalue weighted by molar-refractivity contribution is -0.136. The van der Waals surface area contributed by atoms with Gasteiger partial charge in [0.2, 0.25) is 0 Å². The molecule has 2 aromatic rings. The molecule has 1 N–H and O–H groups in total. The fourth-order valence-electron chi connectivity index (χ4n) is 1.77. The molecule has 94 valence electrons. The highest BCUT2D eigenvalue weighted by Crippen LogP contribution is 2.17. The molecule has 0 aliphatic heterocycles. The number of carboxylic acid groups (broad SMARTS) is 1. The Morgan fingerprint density at radius 2 is 2.06 bits per heavy atom. The maximum absolute atomic E-state index is 10.6.